The predicted octanol–water partition coefficient (Wildman–Crippen LogP) is 3.98. The SMILES string of the molecule is CN(CCC[C@@H]1CN(c2ccc3c(c2)NC(=O)CS3)C(=O)O1)C1Cn2c(=O)ccc3ccc(F)c1c32. The van der Waals surface area contributed by atoms with E-state index in [2.05, 4.69) is 10.2 Å². The minimum atomic E-state index is -0.400. The number of amides is 2. The Labute approximate surface area is 211 Å². The van der Waals surface area contributed by atoms with Gasteiger partial charge in [-0.25, -0.2) is 9.18 Å². The normalized spacial score (nSPS) is 20.7. The van der Waals surface area contributed by atoms with Crippen LogP contribution in [0, 0.1) is 5.82 Å². The molecule has 186 valence electrons. The number of nitrogens with zero attached hydrogens (tertiary/aromatic N) is 3. The van der Waals surface area contributed by atoms with Gasteiger partial charge in [0.05, 0.1) is 29.5 Å². The maximum Gasteiger partial charge on any atom is 0.414 e. The van der Waals surface area contributed by atoms with E-state index in [9.17, 15) is 18.8 Å². The summed E-state index contributed by atoms with van der Waals surface area (Å²) in [6.07, 6.45) is 0.756. The van der Waals surface area contributed by atoms with Crippen LogP contribution in [0.2, 0.25) is 0 Å². The number of fused-ring (bicyclic) bond motifs is 1. The first-order valence-electron chi connectivity index (χ1n) is 12.0. The van der Waals surface area contributed by atoms with Crippen molar-refractivity contribution in [2.45, 2.75) is 36.4 Å². The Morgan fingerprint density at radius 1 is 1.14 bits per heavy atom. The van der Waals surface area contributed by atoms with E-state index in [1.54, 1.807) is 21.6 Å². The van der Waals surface area contributed by atoms with Gasteiger partial charge in [-0.1, -0.05) is 0 Å². The number of anilines is 2. The summed E-state index contributed by atoms with van der Waals surface area (Å²) < 4.78 is 22.1. The number of hydrogen-bond acceptors (Lipinski definition) is 6. The molecule has 0 aliphatic carbocycles. The van der Waals surface area contributed by atoms with Crippen LogP contribution in [0.5, 0.6) is 0 Å². The molecule has 2 atom stereocenters. The lowest BCUT2D eigenvalue weighted by Crippen LogP contribution is -2.29. The molecular formula is C26H25FN4O4S. The lowest BCUT2D eigenvalue weighted by Gasteiger charge is -2.25. The van der Waals surface area contributed by atoms with Gasteiger partial charge in [-0.05, 0) is 68.2 Å². The molecule has 0 radical (unpaired) electrons. The number of hydrogen-bond donors (Lipinski definition) is 1. The Hall–Kier alpha value is -3.37. The molecule has 3 aliphatic rings. The number of halogens is 1. The van der Waals surface area contributed by atoms with Gasteiger partial charge in [0.15, 0.2) is 0 Å². The number of carbonyl (C=O) groups excluding carboxylic acids is 2. The fourth-order valence-electron chi connectivity index (χ4n) is 5.37. The molecule has 6 rings (SSSR count). The zero-order chi connectivity index (χ0) is 25.0. The van der Waals surface area contributed by atoms with Gasteiger partial charge in [-0.15, -0.1) is 11.8 Å². The summed E-state index contributed by atoms with van der Waals surface area (Å²) in [5.74, 6) is 0.0401. The summed E-state index contributed by atoms with van der Waals surface area (Å²) >= 11 is 1.48. The first-order valence-corrected chi connectivity index (χ1v) is 12.9. The Morgan fingerprint density at radius 2 is 1.97 bits per heavy atom. The number of likely N-dealkylation sites (N-methyl/N-ethyl adjacent to an activating group) is 1. The largest absolute Gasteiger partial charge is 0.444 e. The van der Waals surface area contributed by atoms with Crippen LogP contribution in [-0.2, 0) is 16.1 Å². The summed E-state index contributed by atoms with van der Waals surface area (Å²) in [7, 11) is 1.94. The van der Waals surface area contributed by atoms with E-state index in [0.717, 1.165) is 16.7 Å². The standard InChI is InChI=1S/C26H25FN4O4S/c1-29(20-13-31-23(33)9-5-15-4-7-18(27)24(20)25(15)31)10-2-3-17-12-30(26(34)35-17)16-6-8-21-19(11-16)28-22(32)14-36-21/h4-9,11,17,20H,2-3,10,12-14H2,1H3,(H,28,32)/t17-,20?/m1/s1. The average molecular weight is 509 g/mol. The Balaban J connectivity index is 1.09. The number of aromatic nitrogens is 1. The number of pyridine rings is 1. The zero-order valence-corrected chi connectivity index (χ0v) is 20.5. The van der Waals surface area contributed by atoms with Crippen LogP contribution in [0.25, 0.3) is 10.9 Å². The summed E-state index contributed by atoms with van der Waals surface area (Å²) in [5.41, 5.74) is 2.54. The minimum Gasteiger partial charge on any atom is -0.444 e. The molecule has 36 heavy (non-hydrogen) atoms. The van der Waals surface area contributed by atoms with Gasteiger partial charge in [0.25, 0.3) is 5.56 Å². The summed E-state index contributed by atoms with van der Waals surface area (Å²) in [6, 6.07) is 11.8. The summed E-state index contributed by atoms with van der Waals surface area (Å²) in [6.45, 7) is 1.52. The molecule has 0 bridgehead atoms. The van der Waals surface area contributed by atoms with Crippen molar-refractivity contribution >= 4 is 46.0 Å². The van der Waals surface area contributed by atoms with Crippen molar-refractivity contribution in [3.8, 4) is 0 Å². The van der Waals surface area contributed by atoms with Crippen LogP contribution < -0.4 is 15.8 Å². The van der Waals surface area contributed by atoms with Gasteiger partial charge in [0.2, 0.25) is 5.91 Å². The second-order valence-corrected chi connectivity index (χ2v) is 10.5. The second kappa shape index (κ2) is 8.94. The third-order valence-electron chi connectivity index (χ3n) is 7.18. The molecule has 2 amide bonds. The van der Waals surface area contributed by atoms with Crippen LogP contribution in [-0.4, -0.2) is 53.5 Å². The molecule has 2 aromatic carbocycles. The van der Waals surface area contributed by atoms with E-state index in [1.165, 1.54) is 23.9 Å². The number of nitrogens with one attached hydrogen (secondary N) is 1. The van der Waals surface area contributed by atoms with Gasteiger partial charge in [0.1, 0.15) is 11.9 Å². The molecule has 0 saturated carbocycles. The van der Waals surface area contributed by atoms with Crippen molar-refractivity contribution in [3.63, 3.8) is 0 Å². The third-order valence-corrected chi connectivity index (χ3v) is 8.25. The molecule has 4 heterocycles. The summed E-state index contributed by atoms with van der Waals surface area (Å²) in [4.78, 5) is 41.3. The van der Waals surface area contributed by atoms with Crippen molar-refractivity contribution in [2.24, 2.45) is 0 Å². The fraction of sp³-hybridized carbons (Fsp3) is 0.346. The van der Waals surface area contributed by atoms with Gasteiger partial charge in [-0.3, -0.25) is 19.4 Å². The van der Waals surface area contributed by atoms with E-state index < -0.39 is 6.09 Å². The average Bonchev–Trinajstić information content (AvgIpc) is 3.45. The van der Waals surface area contributed by atoms with E-state index in [4.69, 9.17) is 4.74 Å². The molecule has 0 spiro atoms. The highest BCUT2D eigenvalue weighted by Gasteiger charge is 2.34. The van der Waals surface area contributed by atoms with Crippen LogP contribution in [0.4, 0.5) is 20.6 Å². The lowest BCUT2D eigenvalue weighted by atomic mass is 10.0. The number of cyclic esters (lactones) is 1. The number of thioether (sulfide) groups is 1. The highest BCUT2D eigenvalue weighted by molar-refractivity contribution is 8.00. The third kappa shape index (κ3) is 3.94. The molecule has 3 aliphatic heterocycles. The monoisotopic (exact) mass is 508 g/mol. The smallest absolute Gasteiger partial charge is 0.414 e. The molecule has 1 fully saturated rings. The summed E-state index contributed by atoms with van der Waals surface area (Å²) in [5, 5.41) is 3.71. The number of rotatable bonds is 6. The van der Waals surface area contributed by atoms with Gasteiger partial charge >= 0.3 is 6.09 Å². The topological polar surface area (TPSA) is 83.9 Å². The lowest BCUT2D eigenvalue weighted by molar-refractivity contribution is -0.113. The first kappa shape index (κ1) is 23.1. The number of benzene rings is 2. The number of ether oxygens (including phenoxy) is 1. The molecule has 1 N–H and O–H groups in total. The van der Waals surface area contributed by atoms with Crippen LogP contribution in [0.15, 0.2) is 52.2 Å². The quantitative estimate of drug-likeness (QED) is 0.543. The molecule has 8 nitrogen and oxygen atoms in total. The Morgan fingerprint density at radius 3 is 2.83 bits per heavy atom. The first-order chi connectivity index (χ1) is 17.4. The van der Waals surface area contributed by atoms with E-state index in [0.29, 0.717) is 54.3 Å². The molecule has 1 unspecified atom stereocenters. The van der Waals surface area contributed by atoms with Crippen LogP contribution in [0.1, 0.15) is 24.4 Å². The van der Waals surface area contributed by atoms with E-state index in [1.807, 2.05) is 25.2 Å². The molecule has 10 heteroatoms. The fourth-order valence-corrected chi connectivity index (χ4v) is 6.15. The predicted molar refractivity (Wildman–Crippen MR) is 136 cm³/mol. The maximum atomic E-state index is 14.8. The Bertz CT molecular complexity index is 1460. The van der Waals surface area contributed by atoms with Crippen molar-refractivity contribution in [1.82, 2.24) is 9.47 Å². The van der Waals surface area contributed by atoms with E-state index in [-0.39, 0.29) is 29.4 Å². The van der Waals surface area contributed by atoms with Crippen molar-refractivity contribution in [3.05, 3.63) is 64.2 Å². The minimum absolute atomic E-state index is 0.0537. The highest BCUT2D eigenvalue weighted by atomic mass is 32.2. The van der Waals surface area contributed by atoms with Gasteiger partial charge in [0, 0.05) is 28.8 Å². The number of carbonyl (C=O) groups is 2. The van der Waals surface area contributed by atoms with E-state index >= 15 is 0 Å². The van der Waals surface area contributed by atoms with Gasteiger partial charge < -0.3 is 14.6 Å². The Kier molecular flexibility index (Phi) is 5.72. The molecule has 1 aromatic heterocycles. The van der Waals surface area contributed by atoms with Crippen LogP contribution >= 0.6 is 11.8 Å². The van der Waals surface area contributed by atoms with Crippen LogP contribution in [0.3, 0.4) is 0 Å². The second-order valence-electron chi connectivity index (χ2n) is 9.45. The molecular weight excluding hydrogens is 483 g/mol. The molecule has 3 aromatic rings. The highest BCUT2D eigenvalue weighted by Crippen LogP contribution is 2.37. The van der Waals surface area contributed by atoms with Crippen molar-refractivity contribution < 1.29 is 18.7 Å². The zero-order valence-electron chi connectivity index (χ0n) is 19.7. The maximum absolute atomic E-state index is 14.8. The van der Waals surface area contributed by atoms with Gasteiger partial charge in [-0.2, -0.15) is 0 Å². The molecule has 1 saturated heterocycles. The van der Waals surface area contributed by atoms with Crippen molar-refractivity contribution in [1.29, 1.82) is 0 Å². The van der Waals surface area contributed by atoms with Crippen molar-refractivity contribution in [2.75, 3.05) is 36.1 Å².